The van der Waals surface area contributed by atoms with Crippen molar-refractivity contribution in [3.63, 3.8) is 0 Å². The normalized spacial score (nSPS) is 18.3. The third-order valence-electron chi connectivity index (χ3n) is 3.43. The van der Waals surface area contributed by atoms with Crippen molar-refractivity contribution >= 4 is 17.8 Å². The van der Waals surface area contributed by atoms with E-state index in [1.54, 1.807) is 19.1 Å². The van der Waals surface area contributed by atoms with Crippen molar-refractivity contribution in [2.24, 2.45) is 16.3 Å². The zero-order valence-corrected chi connectivity index (χ0v) is 19.7. The van der Waals surface area contributed by atoms with E-state index in [-0.39, 0.29) is 48.7 Å². The van der Waals surface area contributed by atoms with Gasteiger partial charge in [-0.05, 0) is 32.6 Å². The van der Waals surface area contributed by atoms with Gasteiger partial charge in [-0.2, -0.15) is 0 Å². The molecule has 0 bridgehead atoms. The average Bonchev–Trinajstić information content (AvgIpc) is 2.57. The number of carbonyl (C=O) groups excluding carboxylic acids is 2. The van der Waals surface area contributed by atoms with Gasteiger partial charge in [0.2, 0.25) is 5.91 Å². The molecule has 2 amide bonds. The van der Waals surface area contributed by atoms with E-state index in [4.69, 9.17) is 10.2 Å². The molecule has 27 heavy (non-hydrogen) atoms. The van der Waals surface area contributed by atoms with Crippen molar-refractivity contribution in [3.05, 3.63) is 25.3 Å². The average molecular weight is 394 g/mol. The van der Waals surface area contributed by atoms with Crippen molar-refractivity contribution in [2.75, 3.05) is 13.2 Å². The molecule has 0 spiro atoms. The number of carbonyl (C=O) groups is 2. The fourth-order valence-electron chi connectivity index (χ4n) is 2.30. The Morgan fingerprint density at radius 2 is 1.59 bits per heavy atom. The molecule has 152 valence electrons. The Balaban J connectivity index is -0.000000201. The molecular weight excluding hydrogens is 359 g/mol. The van der Waals surface area contributed by atoms with E-state index in [2.05, 4.69) is 23.5 Å². The maximum absolute atomic E-state index is 11.9. The first kappa shape index (κ1) is 33.6. The summed E-state index contributed by atoms with van der Waals surface area (Å²) in [6, 6.07) is -0.845. The second-order valence-corrected chi connectivity index (χ2v) is 5.45. The minimum atomic E-state index is -1.15. The van der Waals surface area contributed by atoms with Crippen molar-refractivity contribution in [1.82, 2.24) is 5.32 Å². The van der Waals surface area contributed by atoms with Crippen LogP contribution < -0.4 is 40.0 Å². The molecule has 3 N–H and O–H groups in total. The number of amides is 2. The van der Waals surface area contributed by atoms with Gasteiger partial charge in [0.05, 0.1) is 19.2 Å². The molecule has 1 heterocycles. The summed E-state index contributed by atoms with van der Waals surface area (Å²) in [6.45, 7) is 15.9. The SMILES string of the molecule is C=CC.C=CC.CCCC(C)C1(CC)C(=O)N=C([O-])NC1=O.OCCO.[Na+]. The molecule has 2 atom stereocenters. The number of aliphatic imine (C=N–C) groups is 1. The maximum atomic E-state index is 11.9. The van der Waals surface area contributed by atoms with E-state index in [1.165, 1.54) is 0 Å². The van der Waals surface area contributed by atoms with Gasteiger partial charge in [-0.15, -0.1) is 13.2 Å². The smallest absolute Gasteiger partial charge is 0.846 e. The number of nitrogens with one attached hydrogen (secondary N) is 1. The Bertz CT molecular complexity index is 447. The molecule has 1 aliphatic rings. The number of allylic oxidation sites excluding steroid dienone is 2. The maximum Gasteiger partial charge on any atom is 1.00 e. The summed E-state index contributed by atoms with van der Waals surface area (Å²) < 4.78 is 0. The van der Waals surface area contributed by atoms with Crippen molar-refractivity contribution < 1.29 is 54.5 Å². The first-order valence-corrected chi connectivity index (χ1v) is 8.71. The van der Waals surface area contributed by atoms with Crippen molar-refractivity contribution in [1.29, 1.82) is 0 Å². The Morgan fingerprint density at radius 1 is 1.19 bits per heavy atom. The largest absolute Gasteiger partial charge is 1.00 e. The molecule has 0 fully saturated rings. The van der Waals surface area contributed by atoms with Gasteiger partial charge in [-0.1, -0.05) is 39.3 Å². The summed E-state index contributed by atoms with van der Waals surface area (Å²) >= 11 is 0. The molecule has 7 nitrogen and oxygen atoms in total. The number of aliphatic hydroxyl groups excluding tert-OH is 2. The topological polar surface area (TPSA) is 122 Å². The van der Waals surface area contributed by atoms with E-state index in [1.807, 2.05) is 27.7 Å². The first-order chi connectivity index (χ1) is 12.2. The quantitative estimate of drug-likeness (QED) is 0.299. The molecule has 0 saturated heterocycles. The molecule has 1 rings (SSSR count). The van der Waals surface area contributed by atoms with Gasteiger partial charge in [0.15, 0.2) is 0 Å². The van der Waals surface area contributed by atoms with Crippen LogP contribution in [0.3, 0.4) is 0 Å². The number of amidine groups is 1. The number of aliphatic hydroxyl groups is 2. The molecule has 2 unspecified atom stereocenters. The zero-order valence-electron chi connectivity index (χ0n) is 17.7. The van der Waals surface area contributed by atoms with Gasteiger partial charge in [-0.3, -0.25) is 9.59 Å². The summed E-state index contributed by atoms with van der Waals surface area (Å²) in [7, 11) is 0. The minimum absolute atomic E-state index is 0. The van der Waals surface area contributed by atoms with Gasteiger partial charge in [0.1, 0.15) is 5.41 Å². The van der Waals surface area contributed by atoms with Crippen molar-refractivity contribution in [2.45, 2.75) is 53.9 Å². The Kier molecular flexibility index (Phi) is 26.5. The number of hydrogen-bond acceptors (Lipinski definition) is 5. The standard InChI is InChI=1S/C11H18N2O3.2C3H6.C2H6O2.Na/c1-4-6-7(3)11(5-2)8(14)12-10(16)13-9(11)15;2*1-3-2;3-1-2-4;/h7H,4-6H2,1-3H3,(H2,12,13,14,15,16);2*3H,1H2,2H3;3-4H,1-2H2;/q;;;;+1/p-1. The third-order valence-corrected chi connectivity index (χ3v) is 3.43. The van der Waals surface area contributed by atoms with Crippen LogP contribution in [0.4, 0.5) is 0 Å². The van der Waals surface area contributed by atoms with E-state index in [0.717, 1.165) is 12.8 Å². The van der Waals surface area contributed by atoms with Crippen molar-refractivity contribution in [3.8, 4) is 0 Å². The van der Waals surface area contributed by atoms with Crippen LogP contribution in [0.25, 0.3) is 0 Å². The van der Waals surface area contributed by atoms with Gasteiger partial charge in [0, 0.05) is 0 Å². The summed E-state index contributed by atoms with van der Waals surface area (Å²) in [6.07, 6.45) is 5.52. The minimum Gasteiger partial charge on any atom is -0.846 e. The molecule has 8 heteroatoms. The predicted molar refractivity (Wildman–Crippen MR) is 103 cm³/mol. The monoisotopic (exact) mass is 394 g/mol. The molecule has 0 aromatic heterocycles. The van der Waals surface area contributed by atoms with Gasteiger partial charge in [0.25, 0.3) is 5.91 Å². The molecule has 0 aromatic rings. The summed E-state index contributed by atoms with van der Waals surface area (Å²) in [5, 5.41) is 28.3. The third kappa shape index (κ3) is 12.9. The molecule has 0 aromatic carbocycles. The van der Waals surface area contributed by atoms with E-state index < -0.39 is 23.3 Å². The number of rotatable bonds is 5. The fourth-order valence-corrected chi connectivity index (χ4v) is 2.30. The van der Waals surface area contributed by atoms with E-state index in [9.17, 15) is 14.7 Å². The second-order valence-electron chi connectivity index (χ2n) is 5.45. The Morgan fingerprint density at radius 3 is 1.85 bits per heavy atom. The van der Waals surface area contributed by atoms with Crippen LogP contribution in [0.5, 0.6) is 0 Å². The van der Waals surface area contributed by atoms with Gasteiger partial charge >= 0.3 is 29.6 Å². The van der Waals surface area contributed by atoms with Crippen LogP contribution in [-0.4, -0.2) is 41.3 Å². The van der Waals surface area contributed by atoms with Crippen LogP contribution in [0.2, 0.25) is 0 Å². The molecular formula is C19H35N2NaO5. The summed E-state index contributed by atoms with van der Waals surface area (Å²) in [5.41, 5.74) is -1.15. The molecule has 1 aliphatic heterocycles. The zero-order chi connectivity index (χ0) is 21.2. The van der Waals surface area contributed by atoms with E-state index in [0.29, 0.717) is 6.42 Å². The van der Waals surface area contributed by atoms with Crippen LogP contribution in [-0.2, 0) is 9.59 Å². The summed E-state index contributed by atoms with van der Waals surface area (Å²) in [5.74, 6) is -1.20. The Labute approximate surface area is 186 Å². The molecule has 0 radical (unpaired) electrons. The second kappa shape index (κ2) is 21.3. The fraction of sp³-hybridized carbons (Fsp3) is 0.632. The number of nitrogens with zero attached hydrogens (tertiary/aromatic N) is 1. The molecule has 0 saturated carbocycles. The Hall–Kier alpha value is -0.990. The van der Waals surface area contributed by atoms with Crippen LogP contribution >= 0.6 is 0 Å². The van der Waals surface area contributed by atoms with Crippen LogP contribution in [0.1, 0.15) is 53.9 Å². The van der Waals surface area contributed by atoms with Crippen LogP contribution in [0.15, 0.2) is 30.3 Å². The van der Waals surface area contributed by atoms with E-state index >= 15 is 0 Å². The predicted octanol–water partition coefficient (Wildman–Crippen LogP) is -1.45. The number of hydrogen-bond donors (Lipinski definition) is 3. The van der Waals surface area contributed by atoms with Gasteiger partial charge < -0.3 is 20.6 Å². The molecule has 0 aliphatic carbocycles. The first-order valence-electron chi connectivity index (χ1n) is 8.71. The van der Waals surface area contributed by atoms with Gasteiger partial charge in [-0.25, -0.2) is 4.99 Å². The summed E-state index contributed by atoms with van der Waals surface area (Å²) in [4.78, 5) is 27.1. The van der Waals surface area contributed by atoms with Crippen LogP contribution in [0, 0.1) is 11.3 Å².